The van der Waals surface area contributed by atoms with Crippen LogP contribution in [0.4, 0.5) is 0 Å². The molecule has 4 nitrogen and oxygen atoms in total. The van der Waals surface area contributed by atoms with Crippen molar-refractivity contribution in [2.45, 2.75) is 39.3 Å². The Hall–Kier alpha value is -1.39. The standard InChI is InChI=1S/C15H21ClN4/c1-5-11-7-6-8-18-13(11)14(17-4)15-12(16)9-19-20(15)10(2)3/h6-10,14,17H,5H2,1-4H3. The second-order valence-electron chi connectivity index (χ2n) is 5.04. The Kier molecular flexibility index (Phi) is 4.78. The highest BCUT2D eigenvalue weighted by atomic mass is 35.5. The second kappa shape index (κ2) is 6.37. The van der Waals surface area contributed by atoms with Gasteiger partial charge in [0.05, 0.1) is 28.6 Å². The van der Waals surface area contributed by atoms with E-state index in [9.17, 15) is 0 Å². The lowest BCUT2D eigenvalue weighted by molar-refractivity contribution is 0.480. The Morgan fingerprint density at radius 2 is 2.15 bits per heavy atom. The molecule has 1 N–H and O–H groups in total. The average molecular weight is 293 g/mol. The first kappa shape index (κ1) is 15.0. The third-order valence-electron chi connectivity index (χ3n) is 3.42. The molecule has 0 aromatic carbocycles. The minimum absolute atomic E-state index is 0.0523. The fourth-order valence-corrected chi connectivity index (χ4v) is 2.68. The summed E-state index contributed by atoms with van der Waals surface area (Å²) >= 11 is 6.36. The van der Waals surface area contributed by atoms with Gasteiger partial charge in [0.1, 0.15) is 0 Å². The third-order valence-corrected chi connectivity index (χ3v) is 3.71. The minimum atomic E-state index is -0.0523. The van der Waals surface area contributed by atoms with Gasteiger partial charge in [-0.2, -0.15) is 5.10 Å². The van der Waals surface area contributed by atoms with Crippen molar-refractivity contribution in [1.29, 1.82) is 0 Å². The third kappa shape index (κ3) is 2.72. The van der Waals surface area contributed by atoms with E-state index in [1.807, 2.05) is 24.0 Å². The molecule has 0 radical (unpaired) electrons. The van der Waals surface area contributed by atoms with Gasteiger partial charge in [-0.25, -0.2) is 0 Å². The number of hydrogen-bond acceptors (Lipinski definition) is 3. The summed E-state index contributed by atoms with van der Waals surface area (Å²) < 4.78 is 1.96. The van der Waals surface area contributed by atoms with Gasteiger partial charge in [-0.3, -0.25) is 9.67 Å². The smallest absolute Gasteiger partial charge is 0.0937 e. The van der Waals surface area contributed by atoms with Gasteiger partial charge in [-0.1, -0.05) is 24.6 Å². The minimum Gasteiger partial charge on any atom is -0.307 e. The lowest BCUT2D eigenvalue weighted by Gasteiger charge is -2.22. The summed E-state index contributed by atoms with van der Waals surface area (Å²) in [7, 11) is 1.92. The second-order valence-corrected chi connectivity index (χ2v) is 5.45. The Labute approximate surface area is 125 Å². The van der Waals surface area contributed by atoms with Crippen LogP contribution in [0, 0.1) is 0 Å². The van der Waals surface area contributed by atoms with Crippen LogP contribution in [0.1, 0.15) is 49.8 Å². The number of aromatic nitrogens is 3. The van der Waals surface area contributed by atoms with E-state index >= 15 is 0 Å². The molecule has 2 rings (SSSR count). The number of nitrogens with zero attached hydrogens (tertiary/aromatic N) is 3. The van der Waals surface area contributed by atoms with Crippen LogP contribution in [0.5, 0.6) is 0 Å². The molecule has 2 aromatic heterocycles. The number of rotatable bonds is 5. The van der Waals surface area contributed by atoms with Crippen molar-refractivity contribution in [3.05, 3.63) is 46.5 Å². The van der Waals surface area contributed by atoms with Crippen LogP contribution >= 0.6 is 11.6 Å². The van der Waals surface area contributed by atoms with Crippen molar-refractivity contribution < 1.29 is 0 Å². The van der Waals surface area contributed by atoms with Gasteiger partial charge in [-0.15, -0.1) is 0 Å². The zero-order valence-corrected chi connectivity index (χ0v) is 13.1. The van der Waals surface area contributed by atoms with E-state index in [4.69, 9.17) is 11.6 Å². The van der Waals surface area contributed by atoms with Gasteiger partial charge in [0.2, 0.25) is 0 Å². The molecule has 5 heteroatoms. The van der Waals surface area contributed by atoms with E-state index < -0.39 is 0 Å². The summed E-state index contributed by atoms with van der Waals surface area (Å²) in [6, 6.07) is 4.28. The summed E-state index contributed by atoms with van der Waals surface area (Å²) in [6.07, 6.45) is 4.47. The normalized spacial score (nSPS) is 12.9. The van der Waals surface area contributed by atoms with E-state index in [0.29, 0.717) is 5.02 Å². The zero-order valence-electron chi connectivity index (χ0n) is 12.4. The molecular formula is C15H21ClN4. The van der Waals surface area contributed by atoms with E-state index in [1.165, 1.54) is 5.56 Å². The summed E-state index contributed by atoms with van der Waals surface area (Å²) in [4.78, 5) is 4.56. The largest absolute Gasteiger partial charge is 0.307 e. The maximum absolute atomic E-state index is 6.36. The number of nitrogens with one attached hydrogen (secondary N) is 1. The van der Waals surface area contributed by atoms with Crippen molar-refractivity contribution in [2.24, 2.45) is 0 Å². The molecule has 0 saturated carbocycles. The van der Waals surface area contributed by atoms with E-state index in [1.54, 1.807) is 6.20 Å². The van der Waals surface area contributed by atoms with Crippen LogP contribution in [-0.4, -0.2) is 21.8 Å². The van der Waals surface area contributed by atoms with Gasteiger partial charge in [0, 0.05) is 12.2 Å². The molecular weight excluding hydrogens is 272 g/mol. The van der Waals surface area contributed by atoms with Crippen LogP contribution in [0.3, 0.4) is 0 Å². The van der Waals surface area contributed by atoms with Crippen molar-refractivity contribution in [2.75, 3.05) is 7.05 Å². The molecule has 0 spiro atoms. The van der Waals surface area contributed by atoms with Crippen LogP contribution in [0.25, 0.3) is 0 Å². The molecule has 0 aliphatic carbocycles. The van der Waals surface area contributed by atoms with Crippen molar-refractivity contribution in [3.63, 3.8) is 0 Å². The highest BCUT2D eigenvalue weighted by Crippen LogP contribution is 2.30. The molecule has 0 bridgehead atoms. The number of aryl methyl sites for hydroxylation is 1. The Morgan fingerprint density at radius 3 is 2.75 bits per heavy atom. The molecule has 0 amide bonds. The summed E-state index contributed by atoms with van der Waals surface area (Å²) in [6.45, 7) is 6.33. The Morgan fingerprint density at radius 1 is 1.40 bits per heavy atom. The first-order valence-electron chi connectivity index (χ1n) is 6.94. The lowest BCUT2D eigenvalue weighted by atomic mass is 10.0. The molecule has 20 heavy (non-hydrogen) atoms. The Bertz CT molecular complexity index is 577. The number of pyridine rings is 1. The highest BCUT2D eigenvalue weighted by Gasteiger charge is 2.24. The summed E-state index contributed by atoms with van der Waals surface area (Å²) in [5, 5.41) is 8.38. The predicted octanol–water partition coefficient (Wildman–Crippen LogP) is 3.38. The topological polar surface area (TPSA) is 42.7 Å². The molecule has 2 heterocycles. The quantitative estimate of drug-likeness (QED) is 0.918. The number of halogens is 1. The predicted molar refractivity (Wildman–Crippen MR) is 82.1 cm³/mol. The monoisotopic (exact) mass is 292 g/mol. The molecule has 108 valence electrons. The van der Waals surface area contributed by atoms with Gasteiger partial charge >= 0.3 is 0 Å². The molecule has 2 aromatic rings. The van der Waals surface area contributed by atoms with Crippen LogP contribution < -0.4 is 5.32 Å². The molecule has 1 atom stereocenters. The fourth-order valence-electron chi connectivity index (χ4n) is 2.44. The average Bonchev–Trinajstić information content (AvgIpc) is 2.83. The summed E-state index contributed by atoms with van der Waals surface area (Å²) in [5.41, 5.74) is 3.21. The first-order chi connectivity index (χ1) is 9.60. The molecule has 1 unspecified atom stereocenters. The van der Waals surface area contributed by atoms with Crippen molar-refractivity contribution in [3.8, 4) is 0 Å². The SMILES string of the molecule is CCc1cccnc1C(NC)c1c(Cl)cnn1C(C)C. The van der Waals surface area contributed by atoms with Crippen LogP contribution in [0.15, 0.2) is 24.5 Å². The van der Waals surface area contributed by atoms with Gasteiger partial charge in [0.25, 0.3) is 0 Å². The number of hydrogen-bond donors (Lipinski definition) is 1. The van der Waals surface area contributed by atoms with Gasteiger partial charge in [-0.05, 0) is 38.9 Å². The van der Waals surface area contributed by atoms with Gasteiger partial charge in [0.15, 0.2) is 0 Å². The zero-order chi connectivity index (χ0) is 14.7. The molecule has 0 aliphatic heterocycles. The Balaban J connectivity index is 2.55. The molecule has 0 aliphatic rings. The van der Waals surface area contributed by atoms with Crippen LogP contribution in [0.2, 0.25) is 5.02 Å². The maximum atomic E-state index is 6.36. The van der Waals surface area contributed by atoms with Crippen LogP contribution in [-0.2, 0) is 6.42 Å². The van der Waals surface area contributed by atoms with E-state index in [-0.39, 0.29) is 12.1 Å². The van der Waals surface area contributed by atoms with Gasteiger partial charge < -0.3 is 5.32 Å². The van der Waals surface area contributed by atoms with E-state index in [0.717, 1.165) is 17.8 Å². The fraction of sp³-hybridized carbons (Fsp3) is 0.467. The summed E-state index contributed by atoms with van der Waals surface area (Å²) in [5.74, 6) is 0. The van der Waals surface area contributed by atoms with Crippen molar-refractivity contribution >= 4 is 11.6 Å². The van der Waals surface area contributed by atoms with Crippen molar-refractivity contribution in [1.82, 2.24) is 20.1 Å². The van der Waals surface area contributed by atoms with E-state index in [2.05, 4.69) is 42.2 Å². The highest BCUT2D eigenvalue weighted by molar-refractivity contribution is 6.31. The molecule has 0 saturated heterocycles. The maximum Gasteiger partial charge on any atom is 0.0937 e. The first-order valence-corrected chi connectivity index (χ1v) is 7.31. The lowest BCUT2D eigenvalue weighted by Crippen LogP contribution is -2.24. The molecule has 0 fully saturated rings.